The molecule has 1 aliphatic heterocycles. The molecule has 0 bridgehead atoms. The average Bonchev–Trinajstić information content (AvgIpc) is 3.20. The fourth-order valence-electron chi connectivity index (χ4n) is 7.55. The van der Waals surface area contributed by atoms with Crippen LogP contribution in [0.3, 0.4) is 0 Å². The van der Waals surface area contributed by atoms with Gasteiger partial charge in [-0.25, -0.2) is 4.79 Å². The monoisotopic (exact) mass is 542 g/mol. The Hall–Kier alpha value is -1.73. The number of ether oxygens (including phenoxy) is 2. The van der Waals surface area contributed by atoms with Crippen LogP contribution in [0.1, 0.15) is 64.2 Å². The van der Waals surface area contributed by atoms with Crippen molar-refractivity contribution >= 4 is 17.5 Å². The van der Waals surface area contributed by atoms with Crippen LogP contribution in [-0.4, -0.2) is 97.2 Å². The molecular formula is C27H38O11. The number of rotatable bonds is 5. The highest BCUT2D eigenvalue weighted by atomic mass is 16.7. The molecule has 6 N–H and O–H groups in total. The molecular weight excluding hydrogens is 500 g/mol. The Morgan fingerprint density at radius 3 is 2.53 bits per heavy atom. The lowest BCUT2D eigenvalue weighted by molar-refractivity contribution is -0.293. The van der Waals surface area contributed by atoms with Gasteiger partial charge in [0.25, 0.3) is 0 Å². The largest absolute Gasteiger partial charge is 0.479 e. The van der Waals surface area contributed by atoms with Crippen molar-refractivity contribution in [2.45, 2.75) is 101 Å². The highest BCUT2D eigenvalue weighted by Crippen LogP contribution is 2.67. The number of ketones is 2. The second kappa shape index (κ2) is 9.43. The van der Waals surface area contributed by atoms with Crippen LogP contribution in [0.15, 0.2) is 11.6 Å². The lowest BCUT2D eigenvalue weighted by atomic mass is 9.45. The van der Waals surface area contributed by atoms with Crippen molar-refractivity contribution in [3.8, 4) is 0 Å². The highest BCUT2D eigenvalue weighted by Gasteiger charge is 2.68. The topological polar surface area (TPSA) is 191 Å². The van der Waals surface area contributed by atoms with E-state index in [1.54, 1.807) is 6.92 Å². The van der Waals surface area contributed by atoms with Crippen LogP contribution in [-0.2, 0) is 23.9 Å². The van der Waals surface area contributed by atoms with E-state index in [1.807, 2.05) is 0 Å². The summed E-state index contributed by atoms with van der Waals surface area (Å²) in [5, 5.41) is 63.2. The van der Waals surface area contributed by atoms with Crippen LogP contribution in [0, 0.1) is 28.6 Å². The molecule has 3 saturated carbocycles. The smallest absolute Gasteiger partial charge is 0.335 e. The van der Waals surface area contributed by atoms with Crippen molar-refractivity contribution < 1.29 is 60.0 Å². The van der Waals surface area contributed by atoms with Gasteiger partial charge in [-0.2, -0.15) is 0 Å². The number of hydrogen-bond donors (Lipinski definition) is 6. The Labute approximate surface area is 226 Å². The molecule has 11 nitrogen and oxygen atoms in total. The summed E-state index contributed by atoms with van der Waals surface area (Å²) in [6.07, 6.45) is -13.9. The van der Waals surface area contributed by atoms with Crippen molar-refractivity contribution in [2.24, 2.45) is 28.6 Å². The van der Waals surface area contributed by atoms with Crippen molar-refractivity contribution in [1.29, 1.82) is 0 Å². The highest BCUT2D eigenvalue weighted by molar-refractivity contribution is 5.92. The Morgan fingerprint density at radius 1 is 1.13 bits per heavy atom. The maximum Gasteiger partial charge on any atom is 0.335 e. The van der Waals surface area contributed by atoms with E-state index in [4.69, 9.17) is 13.6 Å². The Kier molecular flexibility index (Phi) is 5.71. The van der Waals surface area contributed by atoms with Gasteiger partial charge in [-0.3, -0.25) is 9.59 Å². The van der Waals surface area contributed by atoms with Crippen molar-refractivity contribution in [3.05, 3.63) is 11.6 Å². The molecule has 0 radical (unpaired) electrons. The van der Waals surface area contributed by atoms with Crippen LogP contribution in [0.25, 0.3) is 0 Å². The van der Waals surface area contributed by atoms with Gasteiger partial charge < -0.3 is 40.1 Å². The summed E-state index contributed by atoms with van der Waals surface area (Å²) in [6, 6.07) is 0. The third kappa shape index (κ3) is 3.93. The van der Waals surface area contributed by atoms with Crippen molar-refractivity contribution in [1.82, 2.24) is 0 Å². The van der Waals surface area contributed by atoms with Crippen LogP contribution in [0.4, 0.5) is 0 Å². The molecule has 0 aromatic rings. The Bertz CT molecular complexity index is 1230. The first kappa shape index (κ1) is 23.0. The zero-order chi connectivity index (χ0) is 31.4. The molecule has 0 amide bonds. The number of aliphatic hydroxyl groups excluding tert-OH is 3. The predicted octanol–water partition coefficient (Wildman–Crippen LogP) is -0.302. The van der Waals surface area contributed by atoms with Gasteiger partial charge in [0.2, 0.25) is 0 Å². The fraction of sp³-hybridized carbons (Fsp3) is 0.815. The third-order valence-corrected chi connectivity index (χ3v) is 9.80. The molecule has 0 spiro atoms. The van der Waals surface area contributed by atoms with E-state index in [0.29, 0.717) is 12.0 Å². The summed E-state index contributed by atoms with van der Waals surface area (Å²) in [5.74, 6) is -6.64. The molecule has 212 valence electrons. The standard InChI is InChI=1S/C27H38O11/c1-25-7-5-13(28)9-12(25)3-4-14-15-6-8-27(36,26(15,2)10-16(29)18(14)25)17(30)11-37-24-21(33)19(31)20(32)22(38-24)23(34)35/h9,14-16,18-22,24,29,31-33,36H,3-8,10-11H2,1-2H3,(H,34,35)/t14-,15-,16-,18+,19?,20?,21?,22?,24?,25-,26-,27-/m0/s1/i10D2,16D,18D. The van der Waals surface area contributed by atoms with Gasteiger partial charge in [-0.05, 0) is 67.7 Å². The van der Waals surface area contributed by atoms with E-state index in [0.717, 1.165) is 0 Å². The lowest BCUT2D eigenvalue weighted by Crippen LogP contribution is -2.63. The van der Waals surface area contributed by atoms with Crippen molar-refractivity contribution in [3.63, 3.8) is 0 Å². The molecule has 5 unspecified atom stereocenters. The molecule has 4 fully saturated rings. The molecule has 0 aromatic heterocycles. The number of fused-ring (bicyclic) bond motifs is 5. The normalized spacial score (nSPS) is 57.2. The number of carboxylic acid groups (broad SMARTS) is 1. The predicted molar refractivity (Wildman–Crippen MR) is 128 cm³/mol. The van der Waals surface area contributed by atoms with Crippen LogP contribution in [0.5, 0.6) is 0 Å². The summed E-state index contributed by atoms with van der Waals surface area (Å²) < 4.78 is 47.4. The molecule has 12 atom stereocenters. The third-order valence-electron chi connectivity index (χ3n) is 9.80. The zero-order valence-corrected chi connectivity index (χ0v) is 21.3. The van der Waals surface area contributed by atoms with Crippen LogP contribution >= 0.6 is 0 Å². The molecule has 38 heavy (non-hydrogen) atoms. The summed E-state index contributed by atoms with van der Waals surface area (Å²) in [4.78, 5) is 37.3. The number of carboxylic acids is 1. The number of hydrogen-bond acceptors (Lipinski definition) is 10. The average molecular weight is 543 g/mol. The second-order valence-electron chi connectivity index (χ2n) is 11.7. The first-order chi connectivity index (χ1) is 19.2. The summed E-state index contributed by atoms with van der Waals surface area (Å²) >= 11 is 0. The maximum atomic E-state index is 13.7. The van der Waals surface area contributed by atoms with E-state index < -0.39 is 95.7 Å². The minimum atomic E-state index is -3.14. The van der Waals surface area contributed by atoms with Gasteiger partial charge in [0.1, 0.15) is 30.5 Å². The van der Waals surface area contributed by atoms with Gasteiger partial charge in [-0.15, -0.1) is 0 Å². The number of allylic oxidation sites excluding steroid dienone is 1. The van der Waals surface area contributed by atoms with E-state index >= 15 is 0 Å². The van der Waals surface area contributed by atoms with Crippen LogP contribution in [0.2, 0.25) is 0 Å². The lowest BCUT2D eigenvalue weighted by Gasteiger charge is -2.60. The second-order valence-corrected chi connectivity index (χ2v) is 11.7. The van der Waals surface area contributed by atoms with Gasteiger partial charge in [0.05, 0.1) is 7.45 Å². The van der Waals surface area contributed by atoms with Gasteiger partial charge >= 0.3 is 5.97 Å². The van der Waals surface area contributed by atoms with E-state index in [1.165, 1.54) is 13.0 Å². The number of Topliss-reactive ketones (excluding diaryl/α,β-unsaturated/α-hetero) is 1. The van der Waals surface area contributed by atoms with Crippen LogP contribution < -0.4 is 0 Å². The number of carbonyl (C=O) groups is 3. The zero-order valence-electron chi connectivity index (χ0n) is 25.3. The van der Waals surface area contributed by atoms with Crippen molar-refractivity contribution in [2.75, 3.05) is 6.61 Å². The van der Waals surface area contributed by atoms with E-state index in [-0.39, 0.29) is 37.9 Å². The Morgan fingerprint density at radius 2 is 1.84 bits per heavy atom. The molecule has 1 heterocycles. The number of aliphatic hydroxyl groups is 5. The minimum absolute atomic E-state index is 0.0810. The molecule has 4 aliphatic carbocycles. The first-order valence-electron chi connectivity index (χ1n) is 15.0. The summed E-state index contributed by atoms with van der Waals surface area (Å²) in [6.45, 7) is 1.94. The SMILES string of the molecule is [2H]C1([2H])[C@]([2H])(O)[C@@]2([2H])[C@@H](CCC3=CC(=O)CC[C@@]32C)[C@@H]2CC[C@](O)(C(=O)COC3OC(C(=O)O)C(O)C(O)C3O)[C@]21C. The molecule has 11 heteroatoms. The van der Waals surface area contributed by atoms with Gasteiger partial charge in [0, 0.05) is 15.9 Å². The minimum Gasteiger partial charge on any atom is -0.479 e. The Balaban J connectivity index is 1.48. The summed E-state index contributed by atoms with van der Waals surface area (Å²) in [7, 11) is 0. The molecule has 0 aromatic carbocycles. The maximum absolute atomic E-state index is 13.7. The van der Waals surface area contributed by atoms with Gasteiger partial charge in [-0.1, -0.05) is 19.4 Å². The number of carbonyl (C=O) groups excluding carboxylic acids is 2. The summed E-state index contributed by atoms with van der Waals surface area (Å²) in [5.41, 5.74) is -5.21. The van der Waals surface area contributed by atoms with E-state index in [9.17, 15) is 46.4 Å². The molecule has 5 rings (SSSR count). The first-order valence-corrected chi connectivity index (χ1v) is 13.0. The fourth-order valence-corrected chi connectivity index (χ4v) is 7.55. The molecule has 1 saturated heterocycles. The van der Waals surface area contributed by atoms with Gasteiger partial charge in [0.15, 0.2) is 24.0 Å². The number of aliphatic carboxylic acids is 1. The van der Waals surface area contributed by atoms with E-state index in [2.05, 4.69) is 0 Å². The quantitative estimate of drug-likeness (QED) is 0.267. The molecule has 5 aliphatic rings.